The Morgan fingerprint density at radius 2 is 2.37 bits per heavy atom. The van der Waals surface area contributed by atoms with Crippen LogP contribution in [0.15, 0.2) is 24.3 Å². The first-order chi connectivity index (χ1) is 9.29. The van der Waals surface area contributed by atoms with Gasteiger partial charge in [-0.25, -0.2) is 0 Å². The highest BCUT2D eigenvalue weighted by Gasteiger charge is 2.26. The van der Waals surface area contributed by atoms with E-state index < -0.39 is 0 Å². The van der Waals surface area contributed by atoms with Crippen LogP contribution >= 0.6 is 0 Å². The zero-order valence-electron chi connectivity index (χ0n) is 10.5. The standard InChI is InChI=1S/C13H16N4O2/c14-7-9-8-17(5-6-19-9)13(18)12-10-3-1-2-4-11(10)15-16-12/h1-4,9H,5-8,14H2,(H,15,16). The van der Waals surface area contributed by atoms with E-state index in [9.17, 15) is 4.79 Å². The highest BCUT2D eigenvalue weighted by molar-refractivity contribution is 6.04. The van der Waals surface area contributed by atoms with Gasteiger partial charge < -0.3 is 15.4 Å². The summed E-state index contributed by atoms with van der Waals surface area (Å²) in [6, 6.07) is 7.61. The number of hydrogen-bond acceptors (Lipinski definition) is 4. The highest BCUT2D eigenvalue weighted by atomic mass is 16.5. The zero-order valence-corrected chi connectivity index (χ0v) is 10.5. The van der Waals surface area contributed by atoms with Crippen LogP contribution < -0.4 is 5.73 Å². The molecule has 2 heterocycles. The van der Waals surface area contributed by atoms with Crippen LogP contribution in [0.5, 0.6) is 0 Å². The third kappa shape index (κ3) is 2.20. The number of nitrogens with zero attached hydrogens (tertiary/aromatic N) is 2. The molecular weight excluding hydrogens is 244 g/mol. The molecule has 1 amide bonds. The van der Waals surface area contributed by atoms with Crippen LogP contribution in [0.1, 0.15) is 10.5 Å². The first kappa shape index (κ1) is 12.1. The Labute approximate surface area is 110 Å². The molecule has 0 aliphatic carbocycles. The number of aromatic amines is 1. The van der Waals surface area contributed by atoms with E-state index in [1.165, 1.54) is 0 Å². The number of ether oxygens (including phenoxy) is 1. The molecule has 6 nitrogen and oxygen atoms in total. The maximum atomic E-state index is 12.5. The number of carbonyl (C=O) groups is 1. The summed E-state index contributed by atoms with van der Waals surface area (Å²) in [5, 5.41) is 7.86. The van der Waals surface area contributed by atoms with Gasteiger partial charge in [-0.2, -0.15) is 5.10 Å². The van der Waals surface area contributed by atoms with Crippen molar-refractivity contribution in [3.63, 3.8) is 0 Å². The first-order valence-electron chi connectivity index (χ1n) is 6.33. The second-order valence-corrected chi connectivity index (χ2v) is 4.60. The van der Waals surface area contributed by atoms with Gasteiger partial charge in [-0.3, -0.25) is 9.89 Å². The lowest BCUT2D eigenvalue weighted by molar-refractivity contribution is -0.0168. The highest BCUT2D eigenvalue weighted by Crippen LogP contribution is 2.18. The quantitative estimate of drug-likeness (QED) is 0.816. The van der Waals surface area contributed by atoms with Crippen molar-refractivity contribution in [3.05, 3.63) is 30.0 Å². The molecule has 2 aromatic rings. The minimum Gasteiger partial charge on any atom is -0.373 e. The lowest BCUT2D eigenvalue weighted by Gasteiger charge is -2.31. The van der Waals surface area contributed by atoms with Gasteiger partial charge in [0.15, 0.2) is 5.69 Å². The van der Waals surface area contributed by atoms with Crippen LogP contribution in [-0.2, 0) is 4.74 Å². The molecule has 1 aliphatic heterocycles. The number of nitrogens with two attached hydrogens (primary N) is 1. The smallest absolute Gasteiger partial charge is 0.275 e. The summed E-state index contributed by atoms with van der Waals surface area (Å²) < 4.78 is 5.47. The van der Waals surface area contributed by atoms with E-state index in [4.69, 9.17) is 10.5 Å². The van der Waals surface area contributed by atoms with E-state index >= 15 is 0 Å². The van der Waals surface area contributed by atoms with Crippen LogP contribution in [0.25, 0.3) is 10.9 Å². The molecule has 1 aromatic carbocycles. The molecule has 1 fully saturated rings. The monoisotopic (exact) mass is 260 g/mol. The normalized spacial score (nSPS) is 19.8. The number of fused-ring (bicyclic) bond motifs is 1. The number of para-hydroxylation sites is 1. The molecule has 1 saturated heterocycles. The van der Waals surface area contributed by atoms with Gasteiger partial charge in [-0.15, -0.1) is 0 Å². The van der Waals surface area contributed by atoms with Crippen molar-refractivity contribution in [2.45, 2.75) is 6.10 Å². The average Bonchev–Trinajstić information content (AvgIpc) is 2.90. The van der Waals surface area contributed by atoms with E-state index in [2.05, 4.69) is 10.2 Å². The van der Waals surface area contributed by atoms with E-state index in [1.54, 1.807) is 4.90 Å². The molecule has 1 atom stereocenters. The minimum atomic E-state index is -0.0806. The van der Waals surface area contributed by atoms with Crippen molar-refractivity contribution in [3.8, 4) is 0 Å². The van der Waals surface area contributed by atoms with Crippen LogP contribution in [-0.4, -0.2) is 53.3 Å². The zero-order chi connectivity index (χ0) is 13.2. The summed E-state index contributed by atoms with van der Waals surface area (Å²) in [5.74, 6) is -0.0702. The van der Waals surface area contributed by atoms with E-state index in [0.717, 1.165) is 10.9 Å². The number of amides is 1. The molecular formula is C13H16N4O2. The Hall–Kier alpha value is -1.92. The summed E-state index contributed by atoms with van der Waals surface area (Å²) in [7, 11) is 0. The number of hydrogen-bond donors (Lipinski definition) is 2. The van der Waals surface area contributed by atoms with Crippen molar-refractivity contribution in [1.82, 2.24) is 15.1 Å². The fourth-order valence-electron chi connectivity index (χ4n) is 2.32. The van der Waals surface area contributed by atoms with Crippen LogP contribution in [0.4, 0.5) is 0 Å². The van der Waals surface area contributed by atoms with Crippen LogP contribution in [0, 0.1) is 0 Å². The van der Waals surface area contributed by atoms with Crippen molar-refractivity contribution in [2.75, 3.05) is 26.2 Å². The van der Waals surface area contributed by atoms with Crippen molar-refractivity contribution < 1.29 is 9.53 Å². The van der Waals surface area contributed by atoms with Crippen LogP contribution in [0.3, 0.4) is 0 Å². The van der Waals surface area contributed by atoms with Gasteiger partial charge in [0, 0.05) is 25.0 Å². The van der Waals surface area contributed by atoms with Gasteiger partial charge in [0.2, 0.25) is 0 Å². The fourth-order valence-corrected chi connectivity index (χ4v) is 2.32. The molecule has 0 saturated carbocycles. The number of carbonyl (C=O) groups excluding carboxylic acids is 1. The van der Waals surface area contributed by atoms with Gasteiger partial charge in [-0.05, 0) is 6.07 Å². The Morgan fingerprint density at radius 3 is 3.21 bits per heavy atom. The van der Waals surface area contributed by atoms with E-state index in [-0.39, 0.29) is 12.0 Å². The van der Waals surface area contributed by atoms with Crippen molar-refractivity contribution >= 4 is 16.8 Å². The van der Waals surface area contributed by atoms with E-state index in [1.807, 2.05) is 24.3 Å². The molecule has 1 aromatic heterocycles. The third-order valence-electron chi connectivity index (χ3n) is 3.36. The summed E-state index contributed by atoms with van der Waals surface area (Å²) >= 11 is 0. The summed E-state index contributed by atoms with van der Waals surface area (Å²) in [6.45, 7) is 2.05. The molecule has 0 bridgehead atoms. The average molecular weight is 260 g/mol. The maximum absolute atomic E-state index is 12.5. The third-order valence-corrected chi connectivity index (χ3v) is 3.36. The maximum Gasteiger partial charge on any atom is 0.275 e. The lowest BCUT2D eigenvalue weighted by atomic mass is 10.2. The van der Waals surface area contributed by atoms with Gasteiger partial charge in [-0.1, -0.05) is 18.2 Å². The molecule has 3 N–H and O–H groups in total. The van der Waals surface area contributed by atoms with Crippen LogP contribution in [0.2, 0.25) is 0 Å². The Balaban J connectivity index is 1.87. The molecule has 1 aliphatic rings. The Kier molecular flexibility index (Phi) is 3.18. The largest absolute Gasteiger partial charge is 0.373 e. The molecule has 100 valence electrons. The Bertz CT molecular complexity index is 595. The summed E-state index contributed by atoms with van der Waals surface area (Å²) in [5.41, 5.74) is 6.93. The van der Waals surface area contributed by atoms with Gasteiger partial charge in [0.05, 0.1) is 18.2 Å². The molecule has 3 rings (SSSR count). The van der Waals surface area contributed by atoms with Crippen molar-refractivity contribution in [2.24, 2.45) is 5.73 Å². The number of benzene rings is 1. The van der Waals surface area contributed by atoms with E-state index in [0.29, 0.717) is 31.9 Å². The molecule has 6 heteroatoms. The SMILES string of the molecule is NCC1CN(C(=O)c2n[nH]c3ccccc23)CCO1. The number of nitrogens with one attached hydrogen (secondary N) is 1. The van der Waals surface area contributed by atoms with Gasteiger partial charge in [0.1, 0.15) is 0 Å². The topological polar surface area (TPSA) is 84.2 Å². The summed E-state index contributed by atoms with van der Waals surface area (Å²) in [4.78, 5) is 14.2. The summed E-state index contributed by atoms with van der Waals surface area (Å²) in [6.07, 6.45) is -0.0806. The van der Waals surface area contributed by atoms with Gasteiger partial charge >= 0.3 is 0 Å². The number of rotatable bonds is 2. The molecule has 19 heavy (non-hydrogen) atoms. The molecule has 1 unspecified atom stereocenters. The fraction of sp³-hybridized carbons (Fsp3) is 0.385. The molecule has 0 spiro atoms. The molecule has 0 radical (unpaired) electrons. The number of morpholine rings is 1. The Morgan fingerprint density at radius 1 is 1.53 bits per heavy atom. The first-order valence-corrected chi connectivity index (χ1v) is 6.33. The second-order valence-electron chi connectivity index (χ2n) is 4.60. The predicted molar refractivity (Wildman–Crippen MR) is 70.8 cm³/mol. The van der Waals surface area contributed by atoms with Crippen molar-refractivity contribution in [1.29, 1.82) is 0 Å². The minimum absolute atomic E-state index is 0.0702. The number of aromatic nitrogens is 2. The lowest BCUT2D eigenvalue weighted by Crippen LogP contribution is -2.48. The predicted octanol–water partition coefficient (Wildman–Crippen LogP) is 0.363. The van der Waals surface area contributed by atoms with Gasteiger partial charge in [0.25, 0.3) is 5.91 Å². The second kappa shape index (κ2) is 4.99. The number of H-pyrrole nitrogens is 1.